The molecule has 0 spiro atoms. The minimum atomic E-state index is -0.0366. The molecular formula is C48H91NO6. The monoisotopic (exact) mass is 778 g/mol. The Balaban J connectivity index is 2.24. The Morgan fingerprint density at radius 2 is 0.855 bits per heavy atom. The van der Waals surface area contributed by atoms with Crippen LogP contribution in [0.4, 0.5) is 0 Å². The summed E-state index contributed by atoms with van der Waals surface area (Å²) in [6.45, 7) is 22.7. The quantitative estimate of drug-likeness (QED) is 0.0356. The van der Waals surface area contributed by atoms with Crippen molar-refractivity contribution < 1.29 is 28.6 Å². The van der Waals surface area contributed by atoms with Crippen molar-refractivity contribution in [1.29, 1.82) is 0 Å². The maximum Gasteiger partial charge on any atom is 0.308 e. The lowest BCUT2D eigenvalue weighted by Gasteiger charge is -2.21. The Hall–Kier alpha value is -1.63. The summed E-state index contributed by atoms with van der Waals surface area (Å²) in [5, 5.41) is 0. The first-order valence-electron chi connectivity index (χ1n) is 23.6. The van der Waals surface area contributed by atoms with Crippen molar-refractivity contribution in [3.63, 3.8) is 0 Å². The summed E-state index contributed by atoms with van der Waals surface area (Å²) >= 11 is 0. The highest BCUT2D eigenvalue weighted by molar-refractivity contribution is 5.72. The van der Waals surface area contributed by atoms with E-state index in [-0.39, 0.29) is 23.8 Å². The fourth-order valence-corrected chi connectivity index (χ4v) is 7.72. The lowest BCUT2D eigenvalue weighted by molar-refractivity contribution is -0.149. The largest absolute Gasteiger partial charge is 0.465 e. The molecule has 0 radical (unpaired) electrons. The molecule has 1 heterocycles. The van der Waals surface area contributed by atoms with Crippen LogP contribution in [0.25, 0.3) is 0 Å². The number of hydrogen-bond acceptors (Lipinski definition) is 7. The molecule has 0 bridgehead atoms. The van der Waals surface area contributed by atoms with Crippen LogP contribution in [0.3, 0.4) is 0 Å². The van der Waals surface area contributed by atoms with Crippen molar-refractivity contribution in [2.24, 2.45) is 41.4 Å². The standard InChI is InChI=1S/C48H91NO6/c1-39(2)29-31-44(41(5)6)37-54-46(50)27-21-17-13-9-11-15-19-25-43(48(52)53-36-35-49-33-23-24-34-49)26-20-16-12-10-14-18-22-28-47(51)55-38-45(42(7)8)32-30-40(3)4/h39-45H,9-38H2,1-8H3. The summed E-state index contributed by atoms with van der Waals surface area (Å²) in [5.74, 6) is 3.32. The van der Waals surface area contributed by atoms with Crippen molar-refractivity contribution in [2.75, 3.05) is 39.5 Å². The SMILES string of the molecule is CC(C)CCC(COC(=O)CCCCCCCCCC(CCCCCCCCCC(=O)OCC(CCC(C)C)C(C)C)C(=O)OCCN1CCCC1)C(C)C. The molecule has 55 heavy (non-hydrogen) atoms. The molecule has 1 rings (SSSR count). The summed E-state index contributed by atoms with van der Waals surface area (Å²) in [4.78, 5) is 40.2. The maximum atomic E-state index is 13.1. The first-order chi connectivity index (χ1) is 26.4. The molecule has 0 amide bonds. The van der Waals surface area contributed by atoms with Gasteiger partial charge in [0.1, 0.15) is 6.61 Å². The van der Waals surface area contributed by atoms with E-state index in [9.17, 15) is 14.4 Å². The predicted molar refractivity (Wildman–Crippen MR) is 230 cm³/mol. The zero-order valence-electron chi connectivity index (χ0n) is 37.7. The van der Waals surface area contributed by atoms with Crippen LogP contribution in [0.15, 0.2) is 0 Å². The molecule has 0 aromatic carbocycles. The number of nitrogens with zero attached hydrogens (tertiary/aromatic N) is 1. The third-order valence-corrected chi connectivity index (χ3v) is 12.1. The molecule has 2 unspecified atom stereocenters. The molecule has 324 valence electrons. The first-order valence-corrected chi connectivity index (χ1v) is 23.6. The number of rotatable bonds is 36. The van der Waals surface area contributed by atoms with Gasteiger partial charge in [0.05, 0.1) is 19.1 Å². The van der Waals surface area contributed by atoms with Crippen LogP contribution in [-0.4, -0.2) is 62.3 Å². The first kappa shape index (κ1) is 51.4. The molecule has 0 aromatic rings. The normalized spacial score (nSPS) is 15.3. The van der Waals surface area contributed by atoms with Crippen LogP contribution in [-0.2, 0) is 28.6 Å². The Bertz CT molecular complexity index is 885. The highest BCUT2D eigenvalue weighted by atomic mass is 16.5. The molecule has 1 fully saturated rings. The molecule has 1 aliphatic rings. The number of hydrogen-bond donors (Lipinski definition) is 0. The summed E-state index contributed by atoms with van der Waals surface area (Å²) < 4.78 is 17.1. The molecule has 1 saturated heterocycles. The van der Waals surface area contributed by atoms with Crippen molar-refractivity contribution in [2.45, 2.75) is 209 Å². The molecule has 0 N–H and O–H groups in total. The third kappa shape index (κ3) is 29.3. The highest BCUT2D eigenvalue weighted by Gasteiger charge is 2.21. The van der Waals surface area contributed by atoms with Gasteiger partial charge in [0.2, 0.25) is 0 Å². The van der Waals surface area contributed by atoms with E-state index in [1.165, 1.54) is 51.4 Å². The van der Waals surface area contributed by atoms with Crippen LogP contribution in [0.5, 0.6) is 0 Å². The van der Waals surface area contributed by atoms with Gasteiger partial charge in [0, 0.05) is 19.4 Å². The van der Waals surface area contributed by atoms with Gasteiger partial charge in [-0.2, -0.15) is 0 Å². The van der Waals surface area contributed by atoms with Gasteiger partial charge in [0.15, 0.2) is 0 Å². The van der Waals surface area contributed by atoms with Crippen LogP contribution in [0, 0.1) is 41.4 Å². The van der Waals surface area contributed by atoms with Gasteiger partial charge in [-0.25, -0.2) is 0 Å². The summed E-state index contributed by atoms with van der Waals surface area (Å²) in [7, 11) is 0. The van der Waals surface area contributed by atoms with Crippen molar-refractivity contribution in [1.82, 2.24) is 4.90 Å². The third-order valence-electron chi connectivity index (χ3n) is 12.1. The second kappa shape index (κ2) is 33.4. The zero-order chi connectivity index (χ0) is 40.7. The summed E-state index contributed by atoms with van der Waals surface area (Å²) in [5.41, 5.74) is 0. The van der Waals surface area contributed by atoms with Crippen LogP contribution < -0.4 is 0 Å². The molecule has 1 aliphatic heterocycles. The molecule has 2 atom stereocenters. The van der Waals surface area contributed by atoms with Gasteiger partial charge in [-0.1, -0.05) is 145 Å². The van der Waals surface area contributed by atoms with Gasteiger partial charge in [0.25, 0.3) is 0 Å². The van der Waals surface area contributed by atoms with Gasteiger partial charge in [-0.3, -0.25) is 19.3 Å². The van der Waals surface area contributed by atoms with Gasteiger partial charge < -0.3 is 14.2 Å². The van der Waals surface area contributed by atoms with E-state index < -0.39 is 0 Å². The lowest BCUT2D eigenvalue weighted by atomic mass is 9.89. The minimum Gasteiger partial charge on any atom is -0.465 e. The van der Waals surface area contributed by atoms with Crippen LogP contribution in [0.1, 0.15) is 209 Å². The van der Waals surface area contributed by atoms with Crippen LogP contribution >= 0.6 is 0 Å². The van der Waals surface area contributed by atoms with Crippen LogP contribution in [0.2, 0.25) is 0 Å². The fraction of sp³-hybridized carbons (Fsp3) is 0.938. The summed E-state index contributed by atoms with van der Waals surface area (Å²) in [6.07, 6.45) is 25.5. The smallest absolute Gasteiger partial charge is 0.308 e. The molecule has 0 saturated carbocycles. The second-order valence-corrected chi connectivity index (χ2v) is 18.8. The number of unbranched alkanes of at least 4 members (excludes halogenated alkanes) is 12. The maximum absolute atomic E-state index is 13.1. The zero-order valence-corrected chi connectivity index (χ0v) is 37.7. The average molecular weight is 778 g/mol. The van der Waals surface area contributed by atoms with E-state index in [1.54, 1.807) is 0 Å². The second-order valence-electron chi connectivity index (χ2n) is 18.8. The number of ether oxygens (including phenoxy) is 3. The topological polar surface area (TPSA) is 82.1 Å². The van der Waals surface area contributed by atoms with E-state index in [0.717, 1.165) is 110 Å². The minimum absolute atomic E-state index is 0.0111. The number of likely N-dealkylation sites (tertiary alicyclic amines) is 1. The van der Waals surface area contributed by atoms with Crippen molar-refractivity contribution in [3.05, 3.63) is 0 Å². The van der Waals surface area contributed by atoms with E-state index in [1.807, 2.05) is 0 Å². The number of esters is 3. The van der Waals surface area contributed by atoms with E-state index in [4.69, 9.17) is 14.2 Å². The van der Waals surface area contributed by atoms with E-state index in [2.05, 4.69) is 60.3 Å². The summed E-state index contributed by atoms with van der Waals surface area (Å²) in [6, 6.07) is 0. The van der Waals surface area contributed by atoms with E-state index >= 15 is 0 Å². The van der Waals surface area contributed by atoms with Crippen molar-refractivity contribution >= 4 is 17.9 Å². The predicted octanol–water partition coefficient (Wildman–Crippen LogP) is 12.8. The number of carbonyl (C=O) groups excluding carboxylic acids is 3. The Labute approximate surface area is 340 Å². The molecular weight excluding hydrogens is 687 g/mol. The fourth-order valence-electron chi connectivity index (χ4n) is 7.72. The molecule has 7 nitrogen and oxygen atoms in total. The molecule has 0 aromatic heterocycles. The van der Waals surface area contributed by atoms with E-state index in [0.29, 0.717) is 68.2 Å². The molecule has 7 heteroatoms. The van der Waals surface area contributed by atoms with Gasteiger partial charge in [-0.05, 0) is 100.0 Å². The lowest BCUT2D eigenvalue weighted by Crippen LogP contribution is -2.27. The Morgan fingerprint density at radius 3 is 1.24 bits per heavy atom. The molecule has 0 aliphatic carbocycles. The average Bonchev–Trinajstić information content (AvgIpc) is 3.65. The van der Waals surface area contributed by atoms with Gasteiger partial charge >= 0.3 is 17.9 Å². The highest BCUT2D eigenvalue weighted by Crippen LogP contribution is 2.24. The Morgan fingerprint density at radius 1 is 0.473 bits per heavy atom. The van der Waals surface area contributed by atoms with Crippen molar-refractivity contribution in [3.8, 4) is 0 Å². The number of carbonyl (C=O) groups is 3. The Kier molecular flexibility index (Phi) is 31.2. The van der Waals surface area contributed by atoms with Gasteiger partial charge in [-0.15, -0.1) is 0 Å².